The van der Waals surface area contributed by atoms with Gasteiger partial charge in [0.15, 0.2) is 0 Å². The predicted molar refractivity (Wildman–Crippen MR) is 76.2 cm³/mol. The summed E-state index contributed by atoms with van der Waals surface area (Å²) in [7, 11) is 0. The van der Waals surface area contributed by atoms with E-state index in [0.717, 1.165) is 23.7 Å². The van der Waals surface area contributed by atoms with Gasteiger partial charge in [0.2, 0.25) is 0 Å². The van der Waals surface area contributed by atoms with Crippen LogP contribution in [0.1, 0.15) is 37.2 Å². The Bertz CT molecular complexity index is 509. The Balaban J connectivity index is 2.32. The van der Waals surface area contributed by atoms with E-state index >= 15 is 0 Å². The van der Waals surface area contributed by atoms with Gasteiger partial charge in [-0.15, -0.1) is 0 Å². The van der Waals surface area contributed by atoms with Gasteiger partial charge < -0.3 is 0 Å². The molecule has 0 atom stereocenters. The van der Waals surface area contributed by atoms with Gasteiger partial charge in [-0.3, -0.25) is 0 Å². The molecule has 0 aliphatic heterocycles. The third-order valence-electron chi connectivity index (χ3n) is 3.41. The van der Waals surface area contributed by atoms with E-state index in [1.54, 1.807) is 0 Å². The van der Waals surface area contributed by atoms with Crippen LogP contribution < -0.4 is 0 Å². The molecule has 0 aliphatic rings. The average molecular weight is 242 g/mol. The second-order valence-corrected chi connectivity index (χ2v) is 5.33. The lowest BCUT2D eigenvalue weighted by Crippen LogP contribution is -1.99. The van der Waals surface area contributed by atoms with E-state index in [4.69, 9.17) is 0 Å². The van der Waals surface area contributed by atoms with Crippen molar-refractivity contribution in [2.45, 2.75) is 40.5 Å². The zero-order valence-electron chi connectivity index (χ0n) is 11.8. The molecule has 0 radical (unpaired) electrons. The topological polar surface area (TPSA) is 17.8 Å². The lowest BCUT2D eigenvalue weighted by molar-refractivity contribution is 0.584. The van der Waals surface area contributed by atoms with Crippen molar-refractivity contribution in [3.05, 3.63) is 47.3 Å². The van der Waals surface area contributed by atoms with Crippen molar-refractivity contribution >= 4 is 0 Å². The third-order valence-corrected chi connectivity index (χ3v) is 3.41. The molecular formula is C16H22N2. The Kier molecular flexibility index (Phi) is 3.85. The standard InChI is InChI=1S/C16H22N2/c1-12(2)10-11-16-13(3)17-18(14(16)4)15-8-6-5-7-9-15/h5-9,12H,10-11H2,1-4H3. The lowest BCUT2D eigenvalue weighted by atomic mass is 10.0. The molecule has 18 heavy (non-hydrogen) atoms. The highest BCUT2D eigenvalue weighted by Gasteiger charge is 2.12. The molecular weight excluding hydrogens is 220 g/mol. The maximum absolute atomic E-state index is 4.68. The summed E-state index contributed by atoms with van der Waals surface area (Å²) in [6.45, 7) is 8.82. The Morgan fingerprint density at radius 2 is 1.78 bits per heavy atom. The molecule has 2 aromatic rings. The molecule has 2 rings (SSSR count). The molecule has 2 heteroatoms. The Morgan fingerprint density at radius 1 is 1.11 bits per heavy atom. The average Bonchev–Trinajstić information content (AvgIpc) is 2.63. The van der Waals surface area contributed by atoms with Crippen LogP contribution in [-0.2, 0) is 6.42 Å². The maximum Gasteiger partial charge on any atom is 0.0648 e. The van der Waals surface area contributed by atoms with Gasteiger partial charge in [-0.05, 0) is 50.3 Å². The Morgan fingerprint density at radius 3 is 2.39 bits per heavy atom. The SMILES string of the molecule is Cc1nn(-c2ccccc2)c(C)c1CCC(C)C. The molecule has 0 saturated carbocycles. The van der Waals surface area contributed by atoms with Gasteiger partial charge in [0.25, 0.3) is 0 Å². The Labute approximate surface area is 110 Å². The minimum absolute atomic E-state index is 0.740. The first-order valence-corrected chi connectivity index (χ1v) is 6.70. The molecule has 2 nitrogen and oxygen atoms in total. The van der Waals surface area contributed by atoms with Crippen molar-refractivity contribution in [3.8, 4) is 5.69 Å². The summed E-state index contributed by atoms with van der Waals surface area (Å²) >= 11 is 0. The van der Waals surface area contributed by atoms with Gasteiger partial charge >= 0.3 is 0 Å². The van der Waals surface area contributed by atoms with E-state index < -0.39 is 0 Å². The second kappa shape index (κ2) is 5.38. The number of aromatic nitrogens is 2. The number of para-hydroxylation sites is 1. The summed E-state index contributed by atoms with van der Waals surface area (Å²) in [5.74, 6) is 0.740. The number of hydrogen-bond donors (Lipinski definition) is 0. The summed E-state index contributed by atoms with van der Waals surface area (Å²) in [5, 5.41) is 4.68. The van der Waals surface area contributed by atoms with Crippen LogP contribution in [0.3, 0.4) is 0 Å². The van der Waals surface area contributed by atoms with E-state index in [0.29, 0.717) is 0 Å². The van der Waals surface area contributed by atoms with Crippen LogP contribution in [0.4, 0.5) is 0 Å². The summed E-state index contributed by atoms with van der Waals surface area (Å²) in [5.41, 5.74) is 5.00. The fourth-order valence-electron chi connectivity index (χ4n) is 2.29. The number of aryl methyl sites for hydroxylation is 1. The van der Waals surface area contributed by atoms with Gasteiger partial charge in [-0.25, -0.2) is 4.68 Å². The summed E-state index contributed by atoms with van der Waals surface area (Å²) in [4.78, 5) is 0. The minimum atomic E-state index is 0.740. The van der Waals surface area contributed by atoms with Crippen LogP contribution in [0.15, 0.2) is 30.3 Å². The zero-order chi connectivity index (χ0) is 13.1. The number of rotatable bonds is 4. The molecule has 0 saturated heterocycles. The van der Waals surface area contributed by atoms with E-state index in [1.807, 2.05) is 6.07 Å². The van der Waals surface area contributed by atoms with E-state index in [-0.39, 0.29) is 0 Å². The molecule has 0 fully saturated rings. The molecule has 1 aromatic heterocycles. The predicted octanol–water partition coefficient (Wildman–Crippen LogP) is 4.08. The van der Waals surface area contributed by atoms with E-state index in [1.165, 1.54) is 17.7 Å². The van der Waals surface area contributed by atoms with Crippen LogP contribution in [0.2, 0.25) is 0 Å². The van der Waals surface area contributed by atoms with Gasteiger partial charge in [0.1, 0.15) is 0 Å². The first kappa shape index (κ1) is 12.9. The van der Waals surface area contributed by atoms with Crippen LogP contribution in [0.5, 0.6) is 0 Å². The highest BCUT2D eigenvalue weighted by Crippen LogP contribution is 2.20. The van der Waals surface area contributed by atoms with Crippen molar-refractivity contribution in [1.82, 2.24) is 9.78 Å². The summed E-state index contributed by atoms with van der Waals surface area (Å²) < 4.78 is 2.06. The normalized spacial score (nSPS) is 11.2. The van der Waals surface area contributed by atoms with Gasteiger partial charge in [-0.1, -0.05) is 32.0 Å². The summed E-state index contributed by atoms with van der Waals surface area (Å²) in [6, 6.07) is 10.4. The molecule has 0 N–H and O–H groups in total. The van der Waals surface area contributed by atoms with Crippen molar-refractivity contribution in [2.24, 2.45) is 5.92 Å². The maximum atomic E-state index is 4.68. The highest BCUT2D eigenvalue weighted by molar-refractivity contribution is 5.36. The molecule has 1 aromatic carbocycles. The van der Waals surface area contributed by atoms with Gasteiger partial charge in [0, 0.05) is 5.69 Å². The number of benzene rings is 1. The minimum Gasteiger partial charge on any atom is -0.238 e. The number of nitrogens with zero attached hydrogens (tertiary/aromatic N) is 2. The van der Waals surface area contributed by atoms with Crippen molar-refractivity contribution in [2.75, 3.05) is 0 Å². The monoisotopic (exact) mass is 242 g/mol. The molecule has 0 amide bonds. The van der Waals surface area contributed by atoms with Crippen molar-refractivity contribution < 1.29 is 0 Å². The smallest absolute Gasteiger partial charge is 0.0648 e. The quantitative estimate of drug-likeness (QED) is 0.790. The van der Waals surface area contributed by atoms with E-state index in [2.05, 4.69) is 61.7 Å². The molecule has 0 aliphatic carbocycles. The first-order valence-electron chi connectivity index (χ1n) is 6.70. The van der Waals surface area contributed by atoms with Gasteiger partial charge in [-0.2, -0.15) is 5.10 Å². The molecule has 0 unspecified atom stereocenters. The molecule has 0 bridgehead atoms. The Hall–Kier alpha value is -1.57. The zero-order valence-corrected chi connectivity index (χ0v) is 11.8. The van der Waals surface area contributed by atoms with Crippen LogP contribution >= 0.6 is 0 Å². The highest BCUT2D eigenvalue weighted by atomic mass is 15.3. The van der Waals surface area contributed by atoms with Crippen LogP contribution in [-0.4, -0.2) is 9.78 Å². The second-order valence-electron chi connectivity index (χ2n) is 5.33. The largest absolute Gasteiger partial charge is 0.238 e. The summed E-state index contributed by atoms with van der Waals surface area (Å²) in [6.07, 6.45) is 2.35. The molecule has 96 valence electrons. The third kappa shape index (κ3) is 2.63. The van der Waals surface area contributed by atoms with E-state index in [9.17, 15) is 0 Å². The van der Waals surface area contributed by atoms with Crippen molar-refractivity contribution in [1.29, 1.82) is 0 Å². The molecule has 1 heterocycles. The van der Waals surface area contributed by atoms with Crippen LogP contribution in [0.25, 0.3) is 5.69 Å². The number of hydrogen-bond acceptors (Lipinski definition) is 1. The van der Waals surface area contributed by atoms with Gasteiger partial charge in [0.05, 0.1) is 11.4 Å². The fraction of sp³-hybridized carbons (Fsp3) is 0.438. The first-order chi connectivity index (χ1) is 8.59. The van der Waals surface area contributed by atoms with Crippen LogP contribution in [0, 0.1) is 19.8 Å². The lowest BCUT2D eigenvalue weighted by Gasteiger charge is -2.06. The molecule has 0 spiro atoms. The fourth-order valence-corrected chi connectivity index (χ4v) is 2.29. The van der Waals surface area contributed by atoms with Crippen molar-refractivity contribution in [3.63, 3.8) is 0 Å².